The number of allylic oxidation sites excluding steroid dienone is 3. The van der Waals surface area contributed by atoms with Crippen LogP contribution in [0.15, 0.2) is 58.7 Å². The zero-order valence-electron chi connectivity index (χ0n) is 11.8. The first-order valence-corrected chi connectivity index (χ1v) is 7.53. The standard InChI is InChI=1S/C18H17NO2.CH4/c20-17-14-9-5-4-8-13(14)10-15-16(17)18(19-15)21-11-12-6-2-1-3-7-12;/h1-4,6-8,13-14H,5,9-11H2;1H4. The molecule has 4 rings (SSSR count). The highest BCUT2D eigenvalue weighted by Gasteiger charge is 2.43. The maximum atomic E-state index is 12.6. The van der Waals surface area contributed by atoms with E-state index in [1.165, 1.54) is 0 Å². The number of nitrogens with zero attached hydrogens (tertiary/aromatic N) is 1. The number of Topliss-reactive ketones (excluding diaryl/α,β-unsaturated/α-hetero) is 1. The molecule has 1 aliphatic heterocycles. The van der Waals surface area contributed by atoms with Crippen molar-refractivity contribution >= 4 is 11.7 Å². The van der Waals surface area contributed by atoms with Crippen LogP contribution in [0, 0.1) is 11.8 Å². The van der Waals surface area contributed by atoms with Crippen molar-refractivity contribution in [3.8, 4) is 0 Å². The highest BCUT2D eigenvalue weighted by atomic mass is 16.5. The van der Waals surface area contributed by atoms with Gasteiger partial charge in [-0.3, -0.25) is 4.79 Å². The van der Waals surface area contributed by atoms with E-state index in [2.05, 4.69) is 17.1 Å². The van der Waals surface area contributed by atoms with Gasteiger partial charge in [-0.1, -0.05) is 49.9 Å². The summed E-state index contributed by atoms with van der Waals surface area (Å²) in [7, 11) is 0. The van der Waals surface area contributed by atoms with E-state index in [1.807, 2.05) is 30.3 Å². The lowest BCUT2D eigenvalue weighted by molar-refractivity contribution is -0.121. The third kappa shape index (κ3) is 2.41. The summed E-state index contributed by atoms with van der Waals surface area (Å²) >= 11 is 0. The molecule has 114 valence electrons. The van der Waals surface area contributed by atoms with Crippen LogP contribution in [0.5, 0.6) is 0 Å². The molecule has 2 atom stereocenters. The summed E-state index contributed by atoms with van der Waals surface area (Å²) in [6.07, 6.45) is 7.24. The van der Waals surface area contributed by atoms with Crippen LogP contribution in [0.25, 0.3) is 0 Å². The van der Waals surface area contributed by atoms with Gasteiger partial charge < -0.3 is 4.74 Å². The lowest BCUT2D eigenvalue weighted by Gasteiger charge is -2.36. The van der Waals surface area contributed by atoms with Crippen molar-refractivity contribution in [2.45, 2.75) is 33.3 Å². The van der Waals surface area contributed by atoms with Crippen LogP contribution >= 0.6 is 0 Å². The minimum Gasteiger partial charge on any atom is -0.472 e. The molecule has 3 nitrogen and oxygen atoms in total. The number of hydrogen-bond acceptors (Lipinski definition) is 3. The van der Waals surface area contributed by atoms with Crippen molar-refractivity contribution in [2.24, 2.45) is 16.8 Å². The summed E-state index contributed by atoms with van der Waals surface area (Å²) in [5.74, 6) is 1.28. The molecule has 0 spiro atoms. The summed E-state index contributed by atoms with van der Waals surface area (Å²) in [4.78, 5) is 17.0. The fourth-order valence-electron chi connectivity index (χ4n) is 3.37. The van der Waals surface area contributed by atoms with E-state index < -0.39 is 0 Å². The first-order valence-electron chi connectivity index (χ1n) is 7.53. The van der Waals surface area contributed by atoms with Crippen LogP contribution in [0.4, 0.5) is 0 Å². The summed E-state index contributed by atoms with van der Waals surface area (Å²) in [5, 5.41) is 0. The minimum absolute atomic E-state index is 0. The first kappa shape index (κ1) is 14.8. The maximum absolute atomic E-state index is 12.6. The maximum Gasteiger partial charge on any atom is 0.226 e. The molecule has 22 heavy (non-hydrogen) atoms. The summed E-state index contributed by atoms with van der Waals surface area (Å²) in [5.41, 5.74) is 2.80. The SMILES string of the molecule is C.O=C1C2=C(CC3C=CCCC13)N=C2OCc1ccccc1. The number of carbonyl (C=O) groups is 1. The predicted octanol–water partition coefficient (Wildman–Crippen LogP) is 4.06. The molecule has 0 amide bonds. The highest BCUT2D eigenvalue weighted by Crippen LogP contribution is 2.42. The smallest absolute Gasteiger partial charge is 0.226 e. The molecular formula is C19H21NO2. The van der Waals surface area contributed by atoms with Crippen molar-refractivity contribution in [1.29, 1.82) is 0 Å². The molecule has 0 radical (unpaired) electrons. The van der Waals surface area contributed by atoms with Crippen molar-refractivity contribution < 1.29 is 9.53 Å². The quantitative estimate of drug-likeness (QED) is 0.772. The van der Waals surface area contributed by atoms with E-state index in [1.54, 1.807) is 0 Å². The third-order valence-corrected chi connectivity index (χ3v) is 4.51. The van der Waals surface area contributed by atoms with Gasteiger partial charge >= 0.3 is 0 Å². The average Bonchev–Trinajstić information content (AvgIpc) is 2.50. The van der Waals surface area contributed by atoms with E-state index in [4.69, 9.17) is 4.74 Å². The monoisotopic (exact) mass is 295 g/mol. The Hall–Kier alpha value is -2.16. The molecule has 0 saturated carbocycles. The highest BCUT2D eigenvalue weighted by molar-refractivity contribution is 6.24. The third-order valence-electron chi connectivity index (χ3n) is 4.51. The van der Waals surface area contributed by atoms with Gasteiger partial charge in [0.25, 0.3) is 0 Å². The average molecular weight is 295 g/mol. The lowest BCUT2D eigenvalue weighted by atomic mass is 9.71. The van der Waals surface area contributed by atoms with Crippen LogP contribution in [0.2, 0.25) is 0 Å². The Morgan fingerprint density at radius 1 is 1.23 bits per heavy atom. The Balaban J connectivity index is 0.00000144. The van der Waals surface area contributed by atoms with Crippen molar-refractivity contribution in [3.63, 3.8) is 0 Å². The number of benzene rings is 1. The molecular weight excluding hydrogens is 274 g/mol. The topological polar surface area (TPSA) is 38.7 Å². The molecule has 0 N–H and O–H groups in total. The second kappa shape index (κ2) is 5.91. The molecule has 0 saturated heterocycles. The molecule has 1 aromatic rings. The van der Waals surface area contributed by atoms with Gasteiger partial charge in [-0.25, -0.2) is 4.99 Å². The normalized spacial score (nSPS) is 25.5. The first-order chi connectivity index (χ1) is 10.3. The predicted molar refractivity (Wildman–Crippen MR) is 87.4 cm³/mol. The lowest BCUT2D eigenvalue weighted by Crippen LogP contribution is -2.38. The van der Waals surface area contributed by atoms with Gasteiger partial charge in [0.2, 0.25) is 5.90 Å². The van der Waals surface area contributed by atoms with Gasteiger partial charge in [0.05, 0.1) is 5.70 Å². The fourth-order valence-corrected chi connectivity index (χ4v) is 3.37. The van der Waals surface area contributed by atoms with E-state index >= 15 is 0 Å². The van der Waals surface area contributed by atoms with Gasteiger partial charge in [0.1, 0.15) is 12.2 Å². The molecule has 3 heteroatoms. The number of ether oxygens (including phenoxy) is 1. The molecule has 0 aromatic heterocycles. The fraction of sp³-hybridized carbons (Fsp3) is 0.368. The largest absolute Gasteiger partial charge is 0.472 e. The number of hydrogen-bond donors (Lipinski definition) is 0. The molecule has 1 aromatic carbocycles. The number of ketones is 1. The van der Waals surface area contributed by atoms with E-state index in [0.717, 1.165) is 36.1 Å². The van der Waals surface area contributed by atoms with Gasteiger partial charge in [-0.05, 0) is 30.7 Å². The summed E-state index contributed by atoms with van der Waals surface area (Å²) in [6.45, 7) is 0.470. The molecule has 0 fully saturated rings. The Morgan fingerprint density at radius 2 is 2.05 bits per heavy atom. The van der Waals surface area contributed by atoms with E-state index in [-0.39, 0.29) is 19.1 Å². The number of fused-ring (bicyclic) bond motifs is 1. The zero-order valence-corrected chi connectivity index (χ0v) is 11.8. The molecule has 2 aliphatic carbocycles. The van der Waals surface area contributed by atoms with Gasteiger partial charge in [0.15, 0.2) is 5.78 Å². The molecule has 1 heterocycles. The Morgan fingerprint density at radius 3 is 2.86 bits per heavy atom. The number of rotatable bonds is 2. The Bertz CT molecular complexity index is 670. The van der Waals surface area contributed by atoms with Crippen molar-refractivity contribution in [3.05, 3.63) is 59.3 Å². The minimum atomic E-state index is 0. The molecule has 0 bridgehead atoms. The van der Waals surface area contributed by atoms with Crippen LogP contribution in [-0.4, -0.2) is 11.7 Å². The van der Waals surface area contributed by atoms with Crippen LogP contribution in [-0.2, 0) is 16.1 Å². The van der Waals surface area contributed by atoms with E-state index in [0.29, 0.717) is 18.4 Å². The summed E-state index contributed by atoms with van der Waals surface area (Å²) in [6, 6.07) is 9.97. The Labute approximate surface area is 131 Å². The zero-order chi connectivity index (χ0) is 14.2. The van der Waals surface area contributed by atoms with Gasteiger partial charge in [-0.15, -0.1) is 0 Å². The van der Waals surface area contributed by atoms with Crippen molar-refractivity contribution in [2.75, 3.05) is 0 Å². The number of aliphatic imine (C=N–C) groups is 1. The van der Waals surface area contributed by atoms with E-state index in [9.17, 15) is 4.79 Å². The molecule has 3 aliphatic rings. The Kier molecular flexibility index (Phi) is 3.97. The van der Waals surface area contributed by atoms with Crippen LogP contribution < -0.4 is 0 Å². The van der Waals surface area contributed by atoms with Gasteiger partial charge in [-0.2, -0.15) is 0 Å². The van der Waals surface area contributed by atoms with Crippen molar-refractivity contribution in [1.82, 2.24) is 0 Å². The number of carbonyl (C=O) groups excluding carboxylic acids is 1. The van der Waals surface area contributed by atoms with Gasteiger partial charge in [0, 0.05) is 5.92 Å². The second-order valence-electron chi connectivity index (χ2n) is 5.86. The van der Waals surface area contributed by atoms with Crippen LogP contribution in [0.3, 0.4) is 0 Å². The van der Waals surface area contributed by atoms with Crippen LogP contribution in [0.1, 0.15) is 32.3 Å². The second-order valence-corrected chi connectivity index (χ2v) is 5.86. The summed E-state index contributed by atoms with van der Waals surface area (Å²) < 4.78 is 5.74. The molecule has 2 unspecified atom stereocenters.